The smallest absolute Gasteiger partial charge is 0.307 e. The summed E-state index contributed by atoms with van der Waals surface area (Å²) in [5.74, 6) is -0.384. The molecule has 0 radical (unpaired) electrons. The van der Waals surface area contributed by atoms with E-state index < -0.39 is 15.5 Å². The third kappa shape index (κ3) is 3.10. The molecule has 1 fully saturated rings. The molecule has 5 nitrogen and oxygen atoms in total. The number of nitrogens with zero attached hydrogens (tertiary/aromatic N) is 1. The monoisotopic (exact) mass is 287 g/mol. The molecule has 0 N–H and O–H groups in total. The van der Waals surface area contributed by atoms with Crippen molar-refractivity contribution < 1.29 is 21.8 Å². The molecule has 1 amide bonds. The highest BCUT2D eigenvalue weighted by atomic mass is 32.3. The van der Waals surface area contributed by atoms with E-state index >= 15 is 0 Å². The van der Waals surface area contributed by atoms with Crippen molar-refractivity contribution in [2.75, 3.05) is 18.6 Å². The second kappa shape index (κ2) is 5.26. The zero-order valence-corrected chi connectivity index (χ0v) is 11.2. The largest absolute Gasteiger partial charge is 0.380 e. The van der Waals surface area contributed by atoms with Gasteiger partial charge in [-0.15, -0.1) is 3.89 Å². The van der Waals surface area contributed by atoms with Gasteiger partial charge in [0.05, 0.1) is 6.61 Å². The van der Waals surface area contributed by atoms with E-state index in [1.54, 1.807) is 31.4 Å². The summed E-state index contributed by atoms with van der Waals surface area (Å²) in [6.45, 7) is 0.316. The summed E-state index contributed by atoms with van der Waals surface area (Å²) in [6, 6.07) is 6.95. The van der Waals surface area contributed by atoms with E-state index in [-0.39, 0.29) is 18.9 Å². The molecule has 0 bridgehead atoms. The summed E-state index contributed by atoms with van der Waals surface area (Å²) in [7, 11) is -3.10. The van der Waals surface area contributed by atoms with Crippen LogP contribution >= 0.6 is 0 Å². The quantitative estimate of drug-likeness (QED) is 0.782. The van der Waals surface area contributed by atoms with E-state index in [9.17, 15) is 17.1 Å². The Morgan fingerprint density at radius 2 is 2.00 bits per heavy atom. The number of ether oxygens (including phenoxy) is 1. The molecule has 1 aliphatic heterocycles. The molecule has 1 atom stereocenters. The maximum Gasteiger partial charge on any atom is 0.307 e. The van der Waals surface area contributed by atoms with Gasteiger partial charge in [0, 0.05) is 25.8 Å². The van der Waals surface area contributed by atoms with Gasteiger partial charge in [0.25, 0.3) is 0 Å². The molecule has 0 aliphatic carbocycles. The van der Waals surface area contributed by atoms with E-state index in [0.29, 0.717) is 12.3 Å². The molecule has 104 valence electrons. The Balaban J connectivity index is 2.16. The molecule has 0 aromatic heterocycles. The second-order valence-electron chi connectivity index (χ2n) is 4.41. The number of amides is 1. The lowest BCUT2D eigenvalue weighted by Gasteiger charge is -2.16. The van der Waals surface area contributed by atoms with E-state index in [2.05, 4.69) is 0 Å². The van der Waals surface area contributed by atoms with Gasteiger partial charge < -0.3 is 9.64 Å². The number of carbonyl (C=O) groups excluding carboxylic acids is 1. The Kier molecular flexibility index (Phi) is 3.86. The predicted molar refractivity (Wildman–Crippen MR) is 67.9 cm³/mol. The van der Waals surface area contributed by atoms with Crippen molar-refractivity contribution in [3.8, 4) is 0 Å². The van der Waals surface area contributed by atoms with Crippen LogP contribution in [-0.2, 0) is 26.4 Å². The van der Waals surface area contributed by atoms with Gasteiger partial charge in [-0.25, -0.2) is 0 Å². The number of benzene rings is 1. The highest BCUT2D eigenvalue weighted by molar-refractivity contribution is 7.87. The van der Waals surface area contributed by atoms with Crippen LogP contribution in [0.1, 0.15) is 12.0 Å². The lowest BCUT2D eigenvalue weighted by Crippen LogP contribution is -2.26. The Hall–Kier alpha value is -1.47. The summed E-state index contributed by atoms with van der Waals surface area (Å²) >= 11 is 0. The molecule has 0 saturated carbocycles. The number of carbonyl (C=O) groups is 1. The molecule has 1 unspecified atom stereocenters. The summed E-state index contributed by atoms with van der Waals surface area (Å²) in [4.78, 5) is 13.0. The number of methoxy groups -OCH3 is 1. The Morgan fingerprint density at radius 3 is 2.47 bits per heavy atom. The Labute approximate surface area is 111 Å². The molecule has 19 heavy (non-hydrogen) atoms. The van der Waals surface area contributed by atoms with Crippen LogP contribution in [0, 0.1) is 0 Å². The first-order chi connectivity index (χ1) is 8.91. The lowest BCUT2D eigenvalue weighted by atomic mass is 10.2. The highest BCUT2D eigenvalue weighted by Crippen LogP contribution is 2.26. The Bertz CT molecular complexity index is 570. The minimum Gasteiger partial charge on any atom is -0.380 e. The van der Waals surface area contributed by atoms with Crippen molar-refractivity contribution in [1.29, 1.82) is 0 Å². The van der Waals surface area contributed by atoms with Crippen LogP contribution < -0.4 is 4.90 Å². The highest BCUT2D eigenvalue weighted by Gasteiger charge is 2.38. The van der Waals surface area contributed by atoms with Gasteiger partial charge in [0.15, 0.2) is 0 Å². The fraction of sp³-hybridized carbons (Fsp3) is 0.417. The minimum atomic E-state index is -4.68. The summed E-state index contributed by atoms with van der Waals surface area (Å²) in [5, 5.41) is -1.27. The number of halogens is 1. The average Bonchev–Trinajstić information content (AvgIpc) is 2.73. The maximum atomic E-state index is 12.9. The molecular formula is C12H14FNO4S. The van der Waals surface area contributed by atoms with Gasteiger partial charge in [-0.05, 0) is 17.7 Å². The van der Waals surface area contributed by atoms with E-state index in [0.717, 1.165) is 5.56 Å². The molecule has 7 heteroatoms. The number of hydrogen-bond acceptors (Lipinski definition) is 4. The van der Waals surface area contributed by atoms with Crippen LogP contribution in [-0.4, -0.2) is 33.2 Å². The van der Waals surface area contributed by atoms with Gasteiger partial charge in [0.1, 0.15) is 5.25 Å². The van der Waals surface area contributed by atoms with Gasteiger partial charge in [-0.3, -0.25) is 4.79 Å². The fourth-order valence-electron chi connectivity index (χ4n) is 2.05. The standard InChI is InChI=1S/C12H14FNO4S/c1-18-8-9-2-4-10(5-3-9)14-7-11(6-12(14)15)19(13,16)17/h2-5,11H,6-8H2,1H3. The van der Waals surface area contributed by atoms with Crippen molar-refractivity contribution in [2.24, 2.45) is 0 Å². The predicted octanol–water partition coefficient (Wildman–Crippen LogP) is 1.24. The van der Waals surface area contributed by atoms with Crippen molar-refractivity contribution >= 4 is 21.8 Å². The van der Waals surface area contributed by atoms with E-state index in [4.69, 9.17) is 4.74 Å². The second-order valence-corrected chi connectivity index (χ2v) is 6.02. The molecule has 1 saturated heterocycles. The molecule has 1 aromatic carbocycles. The van der Waals surface area contributed by atoms with Crippen LogP contribution in [0.5, 0.6) is 0 Å². The van der Waals surface area contributed by atoms with Crippen LogP contribution in [0.3, 0.4) is 0 Å². The molecule has 1 heterocycles. The van der Waals surface area contributed by atoms with Crippen LogP contribution in [0.2, 0.25) is 0 Å². The maximum absolute atomic E-state index is 12.9. The molecule has 1 aliphatic rings. The molecule has 0 spiro atoms. The zero-order valence-electron chi connectivity index (χ0n) is 10.4. The van der Waals surface area contributed by atoms with Gasteiger partial charge >= 0.3 is 10.2 Å². The third-order valence-corrected chi connectivity index (χ3v) is 4.16. The summed E-state index contributed by atoms with van der Waals surface area (Å²) in [5.41, 5.74) is 1.50. The van der Waals surface area contributed by atoms with Gasteiger partial charge in [-0.1, -0.05) is 12.1 Å². The van der Waals surface area contributed by atoms with Crippen molar-refractivity contribution in [1.82, 2.24) is 0 Å². The number of anilines is 1. The SMILES string of the molecule is COCc1ccc(N2CC(S(=O)(=O)F)CC2=O)cc1. The van der Waals surface area contributed by atoms with Gasteiger partial charge in [0.2, 0.25) is 5.91 Å². The van der Waals surface area contributed by atoms with Crippen LogP contribution in [0.15, 0.2) is 24.3 Å². The topological polar surface area (TPSA) is 63.7 Å². The van der Waals surface area contributed by atoms with Gasteiger partial charge in [-0.2, -0.15) is 8.42 Å². The number of hydrogen-bond donors (Lipinski definition) is 0. The van der Waals surface area contributed by atoms with Crippen molar-refractivity contribution in [2.45, 2.75) is 18.3 Å². The summed E-state index contributed by atoms with van der Waals surface area (Å²) in [6.07, 6.45) is -0.307. The Morgan fingerprint density at radius 1 is 1.37 bits per heavy atom. The molecular weight excluding hydrogens is 273 g/mol. The minimum absolute atomic E-state index is 0.138. The fourth-order valence-corrected chi connectivity index (χ4v) is 2.72. The van der Waals surface area contributed by atoms with Crippen molar-refractivity contribution in [3.05, 3.63) is 29.8 Å². The average molecular weight is 287 g/mol. The normalized spacial score (nSPS) is 20.0. The first-order valence-corrected chi connectivity index (χ1v) is 7.18. The lowest BCUT2D eigenvalue weighted by molar-refractivity contribution is -0.117. The first kappa shape index (κ1) is 14.0. The first-order valence-electron chi connectivity index (χ1n) is 5.73. The number of rotatable bonds is 4. The van der Waals surface area contributed by atoms with Crippen LogP contribution in [0.25, 0.3) is 0 Å². The van der Waals surface area contributed by atoms with E-state index in [1.165, 1.54) is 4.90 Å². The van der Waals surface area contributed by atoms with Crippen LogP contribution in [0.4, 0.5) is 9.57 Å². The third-order valence-electron chi connectivity index (χ3n) is 3.05. The summed E-state index contributed by atoms with van der Waals surface area (Å²) < 4.78 is 39.5. The molecule has 1 aromatic rings. The zero-order chi connectivity index (χ0) is 14.0. The van der Waals surface area contributed by atoms with Crippen molar-refractivity contribution in [3.63, 3.8) is 0 Å². The van der Waals surface area contributed by atoms with E-state index in [1.807, 2.05) is 0 Å². The molecule has 2 rings (SSSR count).